The third-order valence-corrected chi connectivity index (χ3v) is 3.77. The van der Waals surface area contributed by atoms with E-state index >= 15 is 0 Å². The molecule has 1 aromatic heterocycles. The molecule has 3 heteroatoms. The van der Waals surface area contributed by atoms with E-state index in [4.69, 9.17) is 4.74 Å². The van der Waals surface area contributed by atoms with Crippen molar-refractivity contribution in [3.8, 4) is 5.88 Å². The van der Waals surface area contributed by atoms with Crippen LogP contribution in [0.5, 0.6) is 5.88 Å². The Bertz CT molecular complexity index is 613. The third kappa shape index (κ3) is 3.23. The Morgan fingerprint density at radius 2 is 1.81 bits per heavy atom. The normalized spacial score (nSPS) is 15.0. The topological polar surface area (TPSA) is 35.0 Å². The molecule has 1 aliphatic carbocycles. The summed E-state index contributed by atoms with van der Waals surface area (Å²) in [6, 6.07) is 10.2. The SMILES string of the molecule is CC(C)(C)c1c(OCc2ccccc2)ncnc1C1CC1. The molecule has 3 rings (SSSR count). The molecule has 0 radical (unpaired) electrons. The molecule has 1 saturated carbocycles. The van der Waals surface area contributed by atoms with Crippen LogP contribution >= 0.6 is 0 Å². The molecule has 0 N–H and O–H groups in total. The average Bonchev–Trinajstić information content (AvgIpc) is 3.29. The van der Waals surface area contributed by atoms with Crippen molar-refractivity contribution in [2.75, 3.05) is 0 Å². The van der Waals surface area contributed by atoms with Crippen LogP contribution in [0.4, 0.5) is 0 Å². The van der Waals surface area contributed by atoms with Crippen LogP contribution < -0.4 is 4.74 Å². The molecular weight excluding hydrogens is 260 g/mol. The molecule has 0 bridgehead atoms. The summed E-state index contributed by atoms with van der Waals surface area (Å²) in [7, 11) is 0. The predicted molar refractivity (Wildman–Crippen MR) is 83.5 cm³/mol. The summed E-state index contributed by atoms with van der Waals surface area (Å²) in [6.07, 6.45) is 4.11. The van der Waals surface area contributed by atoms with E-state index in [1.54, 1.807) is 6.33 Å². The summed E-state index contributed by atoms with van der Waals surface area (Å²) >= 11 is 0. The molecular formula is C18H22N2O. The highest BCUT2D eigenvalue weighted by Crippen LogP contribution is 2.45. The number of hydrogen-bond donors (Lipinski definition) is 0. The largest absolute Gasteiger partial charge is 0.472 e. The summed E-state index contributed by atoms with van der Waals surface area (Å²) in [5.41, 5.74) is 3.50. The second-order valence-corrected chi connectivity index (χ2v) is 6.74. The van der Waals surface area contributed by atoms with Gasteiger partial charge >= 0.3 is 0 Å². The minimum Gasteiger partial charge on any atom is -0.472 e. The third-order valence-electron chi connectivity index (χ3n) is 3.77. The monoisotopic (exact) mass is 282 g/mol. The van der Waals surface area contributed by atoms with Gasteiger partial charge in [0.1, 0.15) is 12.9 Å². The first-order chi connectivity index (χ1) is 10.1. The number of rotatable bonds is 4. The lowest BCUT2D eigenvalue weighted by atomic mass is 9.85. The minimum atomic E-state index is -0.00873. The summed E-state index contributed by atoms with van der Waals surface area (Å²) in [4.78, 5) is 8.93. The van der Waals surface area contributed by atoms with E-state index in [-0.39, 0.29) is 5.41 Å². The van der Waals surface area contributed by atoms with Gasteiger partial charge in [0.2, 0.25) is 5.88 Å². The molecule has 0 aliphatic heterocycles. The van der Waals surface area contributed by atoms with Gasteiger partial charge < -0.3 is 4.74 Å². The second kappa shape index (κ2) is 5.47. The van der Waals surface area contributed by atoms with Gasteiger partial charge in [-0.25, -0.2) is 9.97 Å². The number of benzene rings is 1. The number of nitrogens with zero attached hydrogens (tertiary/aromatic N) is 2. The van der Waals surface area contributed by atoms with E-state index in [0.29, 0.717) is 12.5 Å². The van der Waals surface area contributed by atoms with Crippen molar-refractivity contribution in [1.29, 1.82) is 0 Å². The fourth-order valence-corrected chi connectivity index (χ4v) is 2.59. The maximum atomic E-state index is 6.02. The summed E-state index contributed by atoms with van der Waals surface area (Å²) in [6.45, 7) is 7.15. The van der Waals surface area contributed by atoms with Crippen LogP contribution in [0.3, 0.4) is 0 Å². The number of ether oxygens (including phenoxy) is 1. The lowest BCUT2D eigenvalue weighted by molar-refractivity contribution is 0.283. The van der Waals surface area contributed by atoms with Crippen molar-refractivity contribution >= 4 is 0 Å². The zero-order chi connectivity index (χ0) is 14.9. The zero-order valence-corrected chi connectivity index (χ0v) is 13.0. The lowest BCUT2D eigenvalue weighted by Crippen LogP contribution is -2.18. The van der Waals surface area contributed by atoms with E-state index < -0.39 is 0 Å². The van der Waals surface area contributed by atoms with E-state index in [1.165, 1.54) is 24.1 Å². The Hall–Kier alpha value is -1.90. The lowest BCUT2D eigenvalue weighted by Gasteiger charge is -2.24. The Balaban J connectivity index is 1.89. The van der Waals surface area contributed by atoms with Gasteiger partial charge in [-0.15, -0.1) is 0 Å². The molecule has 1 aromatic carbocycles. The van der Waals surface area contributed by atoms with Crippen molar-refractivity contribution in [3.05, 3.63) is 53.5 Å². The molecule has 0 spiro atoms. The van der Waals surface area contributed by atoms with Crippen LogP contribution in [0.1, 0.15) is 56.4 Å². The average molecular weight is 282 g/mol. The van der Waals surface area contributed by atoms with Crippen molar-refractivity contribution in [2.24, 2.45) is 0 Å². The van der Waals surface area contributed by atoms with Crippen LogP contribution in [0.25, 0.3) is 0 Å². The van der Waals surface area contributed by atoms with E-state index in [2.05, 4.69) is 42.9 Å². The molecule has 0 atom stereocenters. The number of hydrogen-bond acceptors (Lipinski definition) is 3. The molecule has 110 valence electrons. The van der Waals surface area contributed by atoms with Crippen LogP contribution in [0, 0.1) is 0 Å². The second-order valence-electron chi connectivity index (χ2n) is 6.74. The van der Waals surface area contributed by atoms with Crippen LogP contribution in [-0.4, -0.2) is 9.97 Å². The van der Waals surface area contributed by atoms with Gasteiger partial charge in [-0.1, -0.05) is 51.1 Å². The molecule has 21 heavy (non-hydrogen) atoms. The van der Waals surface area contributed by atoms with E-state index in [0.717, 1.165) is 11.4 Å². The Kier molecular flexibility index (Phi) is 3.66. The fraction of sp³-hybridized carbons (Fsp3) is 0.444. The first-order valence-electron chi connectivity index (χ1n) is 7.58. The summed E-state index contributed by atoms with van der Waals surface area (Å²) in [5.74, 6) is 1.34. The smallest absolute Gasteiger partial charge is 0.220 e. The molecule has 0 unspecified atom stereocenters. The first kappa shape index (κ1) is 14.1. The van der Waals surface area contributed by atoms with Crippen molar-refractivity contribution in [3.63, 3.8) is 0 Å². The molecule has 1 heterocycles. The van der Waals surface area contributed by atoms with Gasteiger partial charge in [-0.3, -0.25) is 0 Å². The van der Waals surface area contributed by atoms with Crippen molar-refractivity contribution in [2.45, 2.75) is 51.6 Å². The number of aromatic nitrogens is 2. The van der Waals surface area contributed by atoms with Gasteiger partial charge in [0.05, 0.1) is 5.69 Å². The fourth-order valence-electron chi connectivity index (χ4n) is 2.59. The molecule has 0 amide bonds. The molecule has 3 nitrogen and oxygen atoms in total. The van der Waals surface area contributed by atoms with Gasteiger partial charge in [-0.2, -0.15) is 0 Å². The first-order valence-corrected chi connectivity index (χ1v) is 7.58. The van der Waals surface area contributed by atoms with Crippen LogP contribution in [-0.2, 0) is 12.0 Å². The Morgan fingerprint density at radius 1 is 1.10 bits per heavy atom. The molecule has 0 saturated heterocycles. The van der Waals surface area contributed by atoms with E-state index in [1.807, 2.05) is 18.2 Å². The maximum absolute atomic E-state index is 6.02. The predicted octanol–water partition coefficient (Wildman–Crippen LogP) is 4.23. The van der Waals surface area contributed by atoms with Gasteiger partial charge in [0.15, 0.2) is 0 Å². The molecule has 2 aromatic rings. The van der Waals surface area contributed by atoms with Gasteiger partial charge in [0, 0.05) is 11.5 Å². The van der Waals surface area contributed by atoms with Crippen molar-refractivity contribution < 1.29 is 4.74 Å². The molecule has 1 aliphatic rings. The van der Waals surface area contributed by atoms with Gasteiger partial charge in [-0.05, 0) is 23.8 Å². The van der Waals surface area contributed by atoms with E-state index in [9.17, 15) is 0 Å². The van der Waals surface area contributed by atoms with Crippen LogP contribution in [0.2, 0.25) is 0 Å². The highest BCUT2D eigenvalue weighted by molar-refractivity contribution is 5.39. The van der Waals surface area contributed by atoms with Crippen LogP contribution in [0.15, 0.2) is 36.7 Å². The molecule has 1 fully saturated rings. The highest BCUT2D eigenvalue weighted by atomic mass is 16.5. The minimum absolute atomic E-state index is 0.00873. The summed E-state index contributed by atoms with van der Waals surface area (Å²) < 4.78 is 6.02. The Morgan fingerprint density at radius 3 is 2.43 bits per heavy atom. The highest BCUT2D eigenvalue weighted by Gasteiger charge is 2.34. The standard InChI is InChI=1S/C18H22N2O/c1-18(2,3)15-16(14-9-10-14)19-12-20-17(15)21-11-13-7-5-4-6-8-13/h4-8,12,14H,9-11H2,1-3H3. The zero-order valence-electron chi connectivity index (χ0n) is 13.0. The quantitative estimate of drug-likeness (QED) is 0.841. The summed E-state index contributed by atoms with van der Waals surface area (Å²) in [5, 5.41) is 0. The van der Waals surface area contributed by atoms with Gasteiger partial charge in [0.25, 0.3) is 0 Å². The Labute approximate surface area is 126 Å². The maximum Gasteiger partial charge on any atom is 0.220 e. The van der Waals surface area contributed by atoms with Crippen molar-refractivity contribution in [1.82, 2.24) is 9.97 Å².